The van der Waals surface area contributed by atoms with E-state index < -0.39 is 5.92 Å². The third-order valence-corrected chi connectivity index (χ3v) is 3.56. The maximum atomic E-state index is 13.9. The molecule has 21 heavy (non-hydrogen) atoms. The molecule has 1 aromatic carbocycles. The summed E-state index contributed by atoms with van der Waals surface area (Å²) in [6.07, 6.45) is 0. The van der Waals surface area contributed by atoms with Crippen molar-refractivity contribution in [2.75, 3.05) is 6.61 Å². The van der Waals surface area contributed by atoms with Crippen LogP contribution in [0.15, 0.2) is 18.2 Å². The van der Waals surface area contributed by atoms with Gasteiger partial charge in [-0.05, 0) is 31.9 Å². The average Bonchev–Trinajstić information content (AvgIpc) is 2.78. The standard InChI is InChI=1S/C16H21FN2O2/c1-5-19-12-9-7-8-11(17)14(12)18-15(19)13(10(3)4)16(20)21-6-2/h7-10,13H,5-6H2,1-4H3. The van der Waals surface area contributed by atoms with Gasteiger partial charge in [0.15, 0.2) is 5.82 Å². The zero-order chi connectivity index (χ0) is 15.6. The molecule has 5 heteroatoms. The highest BCUT2D eigenvalue weighted by Crippen LogP contribution is 2.29. The molecule has 4 nitrogen and oxygen atoms in total. The summed E-state index contributed by atoms with van der Waals surface area (Å²) in [6, 6.07) is 4.86. The van der Waals surface area contributed by atoms with Crippen LogP contribution in [0.4, 0.5) is 4.39 Å². The van der Waals surface area contributed by atoms with Crippen LogP contribution in [0.25, 0.3) is 11.0 Å². The lowest BCUT2D eigenvalue weighted by Gasteiger charge is -2.19. The second-order valence-corrected chi connectivity index (χ2v) is 5.30. The minimum atomic E-state index is -0.489. The van der Waals surface area contributed by atoms with Crippen LogP contribution < -0.4 is 0 Å². The third kappa shape index (κ3) is 2.77. The third-order valence-electron chi connectivity index (χ3n) is 3.56. The normalized spacial score (nSPS) is 12.9. The van der Waals surface area contributed by atoms with Crippen LogP contribution >= 0.6 is 0 Å². The maximum Gasteiger partial charge on any atom is 0.316 e. The van der Waals surface area contributed by atoms with Crippen LogP contribution in [0, 0.1) is 11.7 Å². The van der Waals surface area contributed by atoms with Crippen LogP contribution in [0.3, 0.4) is 0 Å². The Hall–Kier alpha value is -1.91. The van der Waals surface area contributed by atoms with Crippen molar-refractivity contribution in [2.24, 2.45) is 5.92 Å². The van der Waals surface area contributed by atoms with Gasteiger partial charge in [0.25, 0.3) is 0 Å². The number of para-hydroxylation sites is 1. The fourth-order valence-corrected chi connectivity index (χ4v) is 2.61. The topological polar surface area (TPSA) is 44.1 Å². The van der Waals surface area contributed by atoms with Gasteiger partial charge >= 0.3 is 5.97 Å². The van der Waals surface area contributed by atoms with Gasteiger partial charge in [0.1, 0.15) is 17.3 Å². The lowest BCUT2D eigenvalue weighted by Crippen LogP contribution is -2.24. The Morgan fingerprint density at radius 3 is 2.67 bits per heavy atom. The van der Waals surface area contributed by atoms with Gasteiger partial charge < -0.3 is 9.30 Å². The molecule has 1 atom stereocenters. The first kappa shape index (κ1) is 15.5. The number of carbonyl (C=O) groups excluding carboxylic acids is 1. The monoisotopic (exact) mass is 292 g/mol. The summed E-state index contributed by atoms with van der Waals surface area (Å²) in [7, 11) is 0. The van der Waals surface area contributed by atoms with Crippen molar-refractivity contribution in [3.8, 4) is 0 Å². The molecule has 0 aliphatic heterocycles. The van der Waals surface area contributed by atoms with Crippen LogP contribution in [0.1, 0.15) is 39.4 Å². The number of hydrogen-bond donors (Lipinski definition) is 0. The second-order valence-electron chi connectivity index (χ2n) is 5.30. The second kappa shape index (κ2) is 6.24. The van der Waals surface area contributed by atoms with E-state index in [0.717, 1.165) is 0 Å². The zero-order valence-electron chi connectivity index (χ0n) is 12.9. The number of aromatic nitrogens is 2. The molecule has 114 valence electrons. The van der Waals surface area contributed by atoms with Crippen LogP contribution in [0.2, 0.25) is 0 Å². The Balaban J connectivity index is 2.62. The number of aryl methyl sites for hydroxylation is 1. The molecule has 0 fully saturated rings. The quantitative estimate of drug-likeness (QED) is 0.792. The number of esters is 1. The molecule has 0 bridgehead atoms. The Kier molecular flexibility index (Phi) is 4.60. The number of ether oxygens (including phenoxy) is 1. The molecule has 0 N–H and O–H groups in total. The summed E-state index contributed by atoms with van der Waals surface area (Å²) in [5.74, 6) is -0.567. The molecule has 0 spiro atoms. The van der Waals surface area contributed by atoms with Gasteiger partial charge in [0.2, 0.25) is 0 Å². The summed E-state index contributed by atoms with van der Waals surface area (Å²) >= 11 is 0. The van der Waals surface area contributed by atoms with Gasteiger partial charge in [0, 0.05) is 6.54 Å². The largest absolute Gasteiger partial charge is 0.465 e. The molecule has 2 rings (SSSR count). The Bertz CT molecular complexity index is 649. The van der Waals surface area contributed by atoms with Crippen molar-refractivity contribution in [1.29, 1.82) is 0 Å². The van der Waals surface area contributed by atoms with Crippen molar-refractivity contribution in [3.05, 3.63) is 29.8 Å². The van der Waals surface area contributed by atoms with Gasteiger partial charge in [-0.15, -0.1) is 0 Å². The highest BCUT2D eigenvalue weighted by atomic mass is 19.1. The number of rotatable bonds is 5. The summed E-state index contributed by atoms with van der Waals surface area (Å²) in [4.78, 5) is 16.6. The smallest absolute Gasteiger partial charge is 0.316 e. The Morgan fingerprint density at radius 1 is 1.38 bits per heavy atom. The van der Waals surface area contributed by atoms with E-state index in [9.17, 15) is 9.18 Å². The van der Waals surface area contributed by atoms with E-state index in [1.165, 1.54) is 6.07 Å². The first-order valence-corrected chi connectivity index (χ1v) is 7.32. The zero-order valence-corrected chi connectivity index (χ0v) is 12.9. The molecule has 1 heterocycles. The molecule has 1 aromatic heterocycles. The number of carbonyl (C=O) groups is 1. The predicted octanol–water partition coefficient (Wildman–Crippen LogP) is 3.50. The van der Waals surface area contributed by atoms with E-state index in [1.54, 1.807) is 13.0 Å². The Labute approximate surface area is 123 Å². The number of nitrogens with zero attached hydrogens (tertiary/aromatic N) is 2. The van der Waals surface area contributed by atoms with Gasteiger partial charge in [-0.25, -0.2) is 9.37 Å². The highest BCUT2D eigenvalue weighted by Gasteiger charge is 2.31. The van der Waals surface area contributed by atoms with E-state index >= 15 is 0 Å². The van der Waals surface area contributed by atoms with E-state index in [0.29, 0.717) is 30.0 Å². The molecule has 1 unspecified atom stereocenters. The van der Waals surface area contributed by atoms with Crippen LogP contribution in [-0.2, 0) is 16.1 Å². The highest BCUT2D eigenvalue weighted by molar-refractivity contribution is 5.81. The van der Waals surface area contributed by atoms with Crippen molar-refractivity contribution >= 4 is 17.0 Å². The average molecular weight is 292 g/mol. The van der Waals surface area contributed by atoms with Gasteiger partial charge in [0.05, 0.1) is 12.1 Å². The van der Waals surface area contributed by atoms with Crippen molar-refractivity contribution in [2.45, 2.75) is 40.2 Å². The SMILES string of the molecule is CCOC(=O)C(c1nc2c(F)cccc2n1CC)C(C)C. The van der Waals surface area contributed by atoms with E-state index in [1.807, 2.05) is 31.4 Å². The van der Waals surface area contributed by atoms with Crippen molar-refractivity contribution in [3.63, 3.8) is 0 Å². The molecular weight excluding hydrogens is 271 g/mol. The minimum Gasteiger partial charge on any atom is -0.465 e. The fourth-order valence-electron chi connectivity index (χ4n) is 2.61. The van der Waals surface area contributed by atoms with Crippen LogP contribution in [-0.4, -0.2) is 22.1 Å². The van der Waals surface area contributed by atoms with Crippen molar-refractivity contribution < 1.29 is 13.9 Å². The lowest BCUT2D eigenvalue weighted by atomic mass is 9.95. The molecule has 0 amide bonds. The first-order chi connectivity index (χ1) is 10.0. The minimum absolute atomic E-state index is 0.0224. The lowest BCUT2D eigenvalue weighted by molar-refractivity contribution is -0.146. The number of imidazole rings is 1. The number of benzene rings is 1. The summed E-state index contributed by atoms with van der Waals surface area (Å²) in [5.41, 5.74) is 1.02. The fraction of sp³-hybridized carbons (Fsp3) is 0.500. The molecular formula is C16H21FN2O2. The van der Waals surface area contributed by atoms with Gasteiger partial charge in [-0.1, -0.05) is 19.9 Å². The van der Waals surface area contributed by atoms with E-state index in [-0.39, 0.29) is 17.7 Å². The molecule has 0 radical (unpaired) electrons. The number of hydrogen-bond acceptors (Lipinski definition) is 3. The maximum absolute atomic E-state index is 13.9. The number of halogens is 1. The van der Waals surface area contributed by atoms with E-state index in [2.05, 4.69) is 4.98 Å². The first-order valence-electron chi connectivity index (χ1n) is 7.32. The summed E-state index contributed by atoms with van der Waals surface area (Å²) in [6.45, 7) is 8.56. The van der Waals surface area contributed by atoms with Gasteiger partial charge in [-0.2, -0.15) is 0 Å². The molecule has 0 saturated carbocycles. The van der Waals surface area contributed by atoms with Crippen molar-refractivity contribution in [1.82, 2.24) is 9.55 Å². The Morgan fingerprint density at radius 2 is 2.10 bits per heavy atom. The molecule has 0 aliphatic rings. The number of fused-ring (bicyclic) bond motifs is 1. The molecule has 0 aliphatic carbocycles. The summed E-state index contributed by atoms with van der Waals surface area (Å²) in [5, 5.41) is 0. The molecule has 0 saturated heterocycles. The summed E-state index contributed by atoms with van der Waals surface area (Å²) < 4.78 is 21.0. The van der Waals surface area contributed by atoms with E-state index in [4.69, 9.17) is 4.74 Å². The van der Waals surface area contributed by atoms with Gasteiger partial charge in [-0.3, -0.25) is 4.79 Å². The molecule has 2 aromatic rings. The van der Waals surface area contributed by atoms with Crippen LogP contribution in [0.5, 0.6) is 0 Å². The predicted molar refractivity (Wildman–Crippen MR) is 79.6 cm³/mol.